The zero-order valence-corrected chi connectivity index (χ0v) is 59.0. The maximum absolute atomic E-state index is 13.0. The Hall–Kier alpha value is -4.28. The second kappa shape index (κ2) is 65.4. The zero-order chi connectivity index (χ0) is 67.5. The second-order valence-electron chi connectivity index (χ2n) is 23.1. The van der Waals surface area contributed by atoms with Crippen LogP contribution in [0.1, 0.15) is 272 Å². The van der Waals surface area contributed by atoms with Gasteiger partial charge in [0, 0.05) is 25.7 Å². The van der Waals surface area contributed by atoms with Gasteiger partial charge in [-0.1, -0.05) is 221 Å². The third-order valence-corrected chi connectivity index (χ3v) is 16.1. The first-order valence-corrected chi connectivity index (χ1v) is 38.1. The van der Waals surface area contributed by atoms with Gasteiger partial charge in [-0.15, -0.1) is 0 Å². The molecule has 0 fully saturated rings. The van der Waals surface area contributed by atoms with Crippen molar-refractivity contribution in [3.8, 4) is 0 Å². The van der Waals surface area contributed by atoms with Gasteiger partial charge in [-0.25, -0.2) is 9.13 Å². The summed E-state index contributed by atoms with van der Waals surface area (Å²) in [5, 5.41) is 10.6. The van der Waals surface area contributed by atoms with Gasteiger partial charge < -0.3 is 33.8 Å². The first kappa shape index (κ1) is 87.7. The van der Waals surface area contributed by atoms with Crippen LogP contribution in [0.5, 0.6) is 0 Å². The van der Waals surface area contributed by atoms with Crippen molar-refractivity contribution in [1.82, 2.24) is 0 Å². The molecule has 0 spiro atoms. The molecule has 0 amide bonds. The lowest BCUT2D eigenvalue weighted by Crippen LogP contribution is -2.30. The summed E-state index contributed by atoms with van der Waals surface area (Å²) in [6.45, 7) is 4.45. The number of allylic oxidation sites excluding steroid dienone is 18. The molecule has 0 radical (unpaired) electrons. The molecule has 0 aliphatic rings. The van der Waals surface area contributed by atoms with Crippen LogP contribution in [-0.2, 0) is 65.4 Å². The van der Waals surface area contributed by atoms with Gasteiger partial charge in [-0.05, 0) is 135 Å². The number of rotatable bonds is 65. The number of ether oxygens (including phenoxy) is 4. The van der Waals surface area contributed by atoms with E-state index in [0.29, 0.717) is 25.7 Å². The fourth-order valence-electron chi connectivity index (χ4n) is 8.83. The molecule has 0 bridgehead atoms. The summed E-state index contributed by atoms with van der Waals surface area (Å²) in [5.41, 5.74) is 0. The number of phosphoric acid groups is 2. The number of unbranched alkanes of at least 4 members (excludes halogenated alkanes) is 21. The highest BCUT2D eigenvalue weighted by molar-refractivity contribution is 7.47. The summed E-state index contributed by atoms with van der Waals surface area (Å²) in [4.78, 5) is 72.5. The number of aliphatic hydroxyl groups excluding tert-OH is 1. The van der Waals surface area contributed by atoms with Crippen LogP contribution in [0.4, 0.5) is 0 Å². The maximum atomic E-state index is 13.0. The minimum atomic E-state index is -4.98. The first-order valence-electron chi connectivity index (χ1n) is 35.1. The Bertz CT molecular complexity index is 2180. The van der Waals surface area contributed by atoms with Gasteiger partial charge in [0.05, 0.1) is 26.4 Å². The molecule has 0 aliphatic carbocycles. The van der Waals surface area contributed by atoms with E-state index < -0.39 is 97.5 Å². The van der Waals surface area contributed by atoms with E-state index >= 15 is 0 Å². The fourth-order valence-corrected chi connectivity index (χ4v) is 10.4. The Morgan fingerprint density at radius 2 is 0.565 bits per heavy atom. The molecule has 5 unspecified atom stereocenters. The topological polar surface area (TPSA) is 237 Å². The Labute approximate surface area is 556 Å². The molecule has 0 heterocycles. The summed E-state index contributed by atoms with van der Waals surface area (Å²) >= 11 is 0. The highest BCUT2D eigenvalue weighted by Gasteiger charge is 2.30. The van der Waals surface area contributed by atoms with Crippen molar-refractivity contribution in [3.05, 3.63) is 109 Å². The predicted molar refractivity (Wildman–Crippen MR) is 372 cm³/mol. The van der Waals surface area contributed by atoms with Crippen molar-refractivity contribution >= 4 is 39.5 Å². The number of esters is 4. The van der Waals surface area contributed by atoms with Crippen molar-refractivity contribution in [2.75, 3.05) is 39.6 Å². The summed E-state index contributed by atoms with van der Waals surface area (Å²) < 4.78 is 68.1. The average molecular weight is 1340 g/mol. The van der Waals surface area contributed by atoms with Crippen LogP contribution in [0.3, 0.4) is 0 Å². The minimum Gasteiger partial charge on any atom is -0.462 e. The van der Waals surface area contributed by atoms with Gasteiger partial charge in [-0.2, -0.15) is 0 Å². The molecule has 0 saturated carbocycles. The van der Waals surface area contributed by atoms with E-state index in [4.69, 9.17) is 37.0 Å². The SMILES string of the molecule is CC/C=C\C/C=C\C/C=C\C/C=C\CCCCC(=O)OCC(COP(=O)(O)OCC(O)COP(=O)(O)OCC(COC(=O)CCCCCCC/C=C\CCCC)OC(=O)CCCCCCC/C=C\CCCC)OC(=O)CCCCCCC/C=C\C/C=C\C/C=C\CC. The number of phosphoric ester groups is 2. The van der Waals surface area contributed by atoms with Crippen LogP contribution in [0.15, 0.2) is 109 Å². The number of carbonyl (C=O) groups is 4. The van der Waals surface area contributed by atoms with Gasteiger partial charge in [-0.3, -0.25) is 37.3 Å². The molecule has 92 heavy (non-hydrogen) atoms. The summed E-state index contributed by atoms with van der Waals surface area (Å²) in [7, 11) is -9.95. The Kier molecular flexibility index (Phi) is 62.3. The smallest absolute Gasteiger partial charge is 0.462 e. The lowest BCUT2D eigenvalue weighted by Gasteiger charge is -2.21. The van der Waals surface area contributed by atoms with Crippen LogP contribution in [-0.4, -0.2) is 96.7 Å². The van der Waals surface area contributed by atoms with E-state index in [9.17, 15) is 43.2 Å². The van der Waals surface area contributed by atoms with E-state index in [0.717, 1.165) is 167 Å². The van der Waals surface area contributed by atoms with Crippen molar-refractivity contribution in [2.45, 2.75) is 290 Å². The highest BCUT2D eigenvalue weighted by Crippen LogP contribution is 2.45. The van der Waals surface area contributed by atoms with Crippen LogP contribution in [0, 0.1) is 0 Å². The molecular weight excluding hydrogens is 1210 g/mol. The maximum Gasteiger partial charge on any atom is 0.472 e. The number of hydrogen-bond acceptors (Lipinski definition) is 15. The Morgan fingerprint density at radius 1 is 0.315 bits per heavy atom. The molecule has 0 rings (SSSR count). The monoisotopic (exact) mass is 1330 g/mol. The minimum absolute atomic E-state index is 0.0643. The van der Waals surface area contributed by atoms with Crippen LogP contribution >= 0.6 is 15.6 Å². The molecular formula is C73H124O17P2. The van der Waals surface area contributed by atoms with Crippen molar-refractivity contribution < 1.29 is 80.2 Å². The largest absolute Gasteiger partial charge is 0.472 e. The Morgan fingerprint density at radius 3 is 0.902 bits per heavy atom. The lowest BCUT2D eigenvalue weighted by molar-refractivity contribution is -0.161. The van der Waals surface area contributed by atoms with Gasteiger partial charge in [0.25, 0.3) is 0 Å². The molecule has 0 aromatic heterocycles. The number of carbonyl (C=O) groups excluding carboxylic acids is 4. The average Bonchev–Trinajstić information content (AvgIpc) is 2.93. The van der Waals surface area contributed by atoms with Gasteiger partial charge >= 0.3 is 39.5 Å². The molecule has 0 aromatic rings. The third kappa shape index (κ3) is 64.4. The standard InChI is InChI=1S/C73H124O17P2/c1-5-9-13-17-21-25-29-31-33-35-39-42-46-50-54-58-71(76)84-64-69(90-73(78)60-56-52-48-44-40-36-34-32-30-26-22-18-14-10-6-2)66-88-92(81,82)86-62-67(74)61-85-91(79,80)87-65-68(89-72(77)59-55-51-47-43-38-28-24-20-16-12-8-4)63-83-70(75)57-53-49-45-41-37-27-23-19-15-11-7-3/h9-10,13-14,19-26,31-34,39,42,67-69,74H,5-8,11-12,15-18,27-30,35-38,40-41,43-66H2,1-4H3,(H,79,80)(H,81,82)/b13-9-,14-10-,23-19-,24-20-,25-21-,26-22-,33-31-,34-32-,42-39-. The lowest BCUT2D eigenvalue weighted by atomic mass is 10.1. The molecule has 5 atom stereocenters. The van der Waals surface area contributed by atoms with E-state index in [1.807, 2.05) is 0 Å². The molecule has 528 valence electrons. The number of aliphatic hydroxyl groups is 1. The predicted octanol–water partition coefficient (Wildman–Crippen LogP) is 19.4. The second-order valence-corrected chi connectivity index (χ2v) is 26.0. The van der Waals surface area contributed by atoms with E-state index in [2.05, 4.69) is 137 Å². The van der Waals surface area contributed by atoms with E-state index in [1.165, 1.54) is 25.7 Å². The van der Waals surface area contributed by atoms with Gasteiger partial charge in [0.1, 0.15) is 19.3 Å². The zero-order valence-electron chi connectivity index (χ0n) is 57.2. The van der Waals surface area contributed by atoms with Crippen LogP contribution in [0.2, 0.25) is 0 Å². The van der Waals surface area contributed by atoms with Crippen LogP contribution < -0.4 is 0 Å². The normalized spacial score (nSPS) is 14.7. The first-order chi connectivity index (χ1) is 44.7. The summed E-state index contributed by atoms with van der Waals surface area (Å²) in [6, 6.07) is 0. The van der Waals surface area contributed by atoms with Gasteiger partial charge in [0.2, 0.25) is 0 Å². The summed E-state index contributed by atoms with van der Waals surface area (Å²) in [5.74, 6) is -2.26. The molecule has 17 nitrogen and oxygen atoms in total. The Balaban J connectivity index is 5.38. The third-order valence-electron chi connectivity index (χ3n) is 14.2. The van der Waals surface area contributed by atoms with Crippen molar-refractivity contribution in [1.29, 1.82) is 0 Å². The molecule has 3 N–H and O–H groups in total. The molecule has 0 saturated heterocycles. The highest BCUT2D eigenvalue weighted by atomic mass is 31.2. The van der Waals surface area contributed by atoms with Crippen LogP contribution in [0.25, 0.3) is 0 Å². The molecule has 19 heteroatoms. The molecule has 0 aromatic carbocycles. The van der Waals surface area contributed by atoms with Crippen molar-refractivity contribution in [2.24, 2.45) is 0 Å². The van der Waals surface area contributed by atoms with E-state index in [1.54, 1.807) is 0 Å². The summed E-state index contributed by atoms with van der Waals surface area (Å²) in [6.07, 6.45) is 66.9. The quantitative estimate of drug-likeness (QED) is 0.0169. The number of hydrogen-bond donors (Lipinski definition) is 3. The van der Waals surface area contributed by atoms with Gasteiger partial charge in [0.15, 0.2) is 12.2 Å². The van der Waals surface area contributed by atoms with Crippen molar-refractivity contribution in [3.63, 3.8) is 0 Å². The fraction of sp³-hybridized carbons (Fsp3) is 0.699. The molecule has 0 aliphatic heterocycles. The van der Waals surface area contributed by atoms with E-state index in [-0.39, 0.29) is 25.7 Å².